The van der Waals surface area contributed by atoms with Crippen LogP contribution in [0.3, 0.4) is 0 Å². The number of pyridine rings is 1. The SMILES string of the molecule is CC(C)=C1CCN(c2nc(NCCO)ccc2C(=O)Nc2cccc(S(=O)(=O)C3CCCC3)c2)CC1. The minimum absolute atomic E-state index is 0.0208. The van der Waals surface area contributed by atoms with Gasteiger partial charge in [0.2, 0.25) is 0 Å². The second-order valence-electron chi connectivity index (χ2n) is 9.74. The van der Waals surface area contributed by atoms with E-state index in [0.29, 0.717) is 42.3 Å². The highest BCUT2D eigenvalue weighted by molar-refractivity contribution is 7.92. The number of allylic oxidation sites excluding steroid dienone is 1. The molecule has 9 heteroatoms. The molecule has 1 aliphatic heterocycles. The van der Waals surface area contributed by atoms with Crippen molar-refractivity contribution >= 4 is 33.1 Å². The van der Waals surface area contributed by atoms with Crippen molar-refractivity contribution in [1.82, 2.24) is 4.98 Å². The van der Waals surface area contributed by atoms with E-state index in [0.717, 1.165) is 38.8 Å². The van der Waals surface area contributed by atoms with Crippen molar-refractivity contribution < 1.29 is 18.3 Å². The van der Waals surface area contributed by atoms with Gasteiger partial charge in [0, 0.05) is 25.3 Å². The standard InChI is InChI=1S/C27H36N4O4S/c1-19(2)20-12-15-31(16-13-20)26-24(10-11-25(30-26)28-14-17-32)27(33)29-21-6-5-9-23(18-21)36(34,35)22-7-3-4-8-22/h5-6,9-11,18,22,32H,3-4,7-8,12-17H2,1-2H3,(H,28,30)(H,29,33). The van der Waals surface area contributed by atoms with Crippen LogP contribution in [0.2, 0.25) is 0 Å². The van der Waals surface area contributed by atoms with Gasteiger partial charge in [0.15, 0.2) is 9.84 Å². The van der Waals surface area contributed by atoms with E-state index in [9.17, 15) is 13.2 Å². The molecule has 1 saturated heterocycles. The summed E-state index contributed by atoms with van der Waals surface area (Å²) in [5.74, 6) is 0.834. The highest BCUT2D eigenvalue weighted by Crippen LogP contribution is 2.31. The van der Waals surface area contributed by atoms with Crippen LogP contribution in [0.4, 0.5) is 17.3 Å². The van der Waals surface area contributed by atoms with Crippen LogP contribution in [-0.4, -0.2) is 55.9 Å². The molecule has 1 aliphatic carbocycles. The predicted molar refractivity (Wildman–Crippen MR) is 143 cm³/mol. The van der Waals surface area contributed by atoms with Gasteiger partial charge >= 0.3 is 0 Å². The van der Waals surface area contributed by atoms with Crippen LogP contribution in [-0.2, 0) is 9.84 Å². The van der Waals surface area contributed by atoms with Crippen molar-refractivity contribution in [2.24, 2.45) is 0 Å². The summed E-state index contributed by atoms with van der Waals surface area (Å²) in [5.41, 5.74) is 3.64. The number of nitrogens with one attached hydrogen (secondary N) is 2. The Morgan fingerprint density at radius 3 is 2.50 bits per heavy atom. The largest absolute Gasteiger partial charge is 0.395 e. The third kappa shape index (κ3) is 5.90. The zero-order valence-electron chi connectivity index (χ0n) is 21.1. The number of hydrogen-bond acceptors (Lipinski definition) is 7. The van der Waals surface area contributed by atoms with Crippen molar-refractivity contribution in [1.29, 1.82) is 0 Å². The number of aliphatic hydroxyl groups is 1. The van der Waals surface area contributed by atoms with E-state index in [2.05, 4.69) is 29.4 Å². The van der Waals surface area contributed by atoms with Crippen LogP contribution in [0, 0.1) is 0 Å². The summed E-state index contributed by atoms with van der Waals surface area (Å²) in [6, 6.07) is 9.99. The third-order valence-electron chi connectivity index (χ3n) is 7.07. The Hall–Kier alpha value is -2.91. The first kappa shape index (κ1) is 26.2. The molecule has 0 unspecified atom stereocenters. The van der Waals surface area contributed by atoms with E-state index in [1.807, 2.05) is 0 Å². The molecule has 194 valence electrons. The van der Waals surface area contributed by atoms with Gasteiger partial charge in [-0.2, -0.15) is 0 Å². The van der Waals surface area contributed by atoms with Gasteiger partial charge in [0.05, 0.1) is 22.3 Å². The molecule has 36 heavy (non-hydrogen) atoms. The van der Waals surface area contributed by atoms with Crippen LogP contribution in [0.15, 0.2) is 52.4 Å². The molecule has 0 bridgehead atoms. The molecular formula is C27H36N4O4S. The molecule has 1 aromatic carbocycles. The van der Waals surface area contributed by atoms with Gasteiger partial charge in [0.25, 0.3) is 5.91 Å². The maximum absolute atomic E-state index is 13.4. The molecule has 1 aromatic heterocycles. The molecule has 2 aliphatic rings. The summed E-state index contributed by atoms with van der Waals surface area (Å²) in [6.07, 6.45) is 5.08. The predicted octanol–water partition coefficient (Wildman–Crippen LogP) is 4.39. The Bertz CT molecular complexity index is 1220. The number of benzene rings is 1. The Kier molecular flexibility index (Phi) is 8.31. The van der Waals surface area contributed by atoms with Crippen molar-refractivity contribution in [3.63, 3.8) is 0 Å². The summed E-state index contributed by atoms with van der Waals surface area (Å²) in [7, 11) is -3.42. The van der Waals surface area contributed by atoms with Gasteiger partial charge in [0.1, 0.15) is 11.6 Å². The highest BCUT2D eigenvalue weighted by Gasteiger charge is 2.30. The van der Waals surface area contributed by atoms with Gasteiger partial charge in [-0.3, -0.25) is 4.79 Å². The van der Waals surface area contributed by atoms with E-state index < -0.39 is 9.84 Å². The number of aliphatic hydroxyl groups excluding tert-OH is 1. The summed E-state index contributed by atoms with van der Waals surface area (Å²) in [5, 5.41) is 14.8. The number of sulfone groups is 1. The smallest absolute Gasteiger partial charge is 0.259 e. The molecule has 0 radical (unpaired) electrons. The first-order valence-corrected chi connectivity index (χ1v) is 14.3. The van der Waals surface area contributed by atoms with Gasteiger partial charge in [-0.25, -0.2) is 13.4 Å². The number of hydrogen-bond donors (Lipinski definition) is 3. The van der Waals surface area contributed by atoms with E-state index >= 15 is 0 Å². The van der Waals surface area contributed by atoms with Crippen LogP contribution in [0.25, 0.3) is 0 Å². The molecule has 3 N–H and O–H groups in total. The van der Waals surface area contributed by atoms with E-state index in [-0.39, 0.29) is 22.7 Å². The Labute approximate surface area is 213 Å². The number of anilines is 3. The van der Waals surface area contributed by atoms with Crippen molar-refractivity contribution in [2.75, 3.05) is 41.8 Å². The fourth-order valence-electron chi connectivity index (χ4n) is 4.98. The third-order valence-corrected chi connectivity index (χ3v) is 9.33. The molecule has 1 saturated carbocycles. The van der Waals surface area contributed by atoms with Crippen LogP contribution >= 0.6 is 0 Å². The normalized spacial score (nSPS) is 16.8. The molecule has 2 aromatic rings. The van der Waals surface area contributed by atoms with E-state index in [1.54, 1.807) is 36.4 Å². The van der Waals surface area contributed by atoms with Crippen LogP contribution < -0.4 is 15.5 Å². The van der Waals surface area contributed by atoms with Crippen molar-refractivity contribution in [2.45, 2.75) is 62.5 Å². The molecule has 8 nitrogen and oxygen atoms in total. The Morgan fingerprint density at radius 1 is 1.11 bits per heavy atom. The fourth-order valence-corrected chi connectivity index (χ4v) is 6.88. The zero-order valence-corrected chi connectivity index (χ0v) is 21.9. The number of carbonyl (C=O) groups is 1. The molecule has 0 spiro atoms. The lowest BCUT2D eigenvalue weighted by molar-refractivity contribution is 0.102. The summed E-state index contributed by atoms with van der Waals surface area (Å²) in [6.45, 7) is 6.11. The number of nitrogens with zero attached hydrogens (tertiary/aromatic N) is 2. The average Bonchev–Trinajstić information content (AvgIpc) is 3.44. The molecular weight excluding hydrogens is 476 g/mol. The Morgan fingerprint density at radius 2 is 1.83 bits per heavy atom. The number of piperidine rings is 1. The lowest BCUT2D eigenvalue weighted by Crippen LogP contribution is -2.33. The molecule has 0 atom stereocenters. The van der Waals surface area contributed by atoms with Gasteiger partial charge in [-0.15, -0.1) is 0 Å². The lowest BCUT2D eigenvalue weighted by atomic mass is 9.99. The molecule has 2 fully saturated rings. The number of amides is 1. The minimum Gasteiger partial charge on any atom is -0.395 e. The number of aromatic nitrogens is 1. The van der Waals surface area contributed by atoms with Crippen molar-refractivity contribution in [3.8, 4) is 0 Å². The van der Waals surface area contributed by atoms with Crippen LogP contribution in [0.5, 0.6) is 0 Å². The summed E-state index contributed by atoms with van der Waals surface area (Å²) < 4.78 is 26.1. The second-order valence-corrected chi connectivity index (χ2v) is 12.0. The zero-order chi connectivity index (χ0) is 25.7. The average molecular weight is 513 g/mol. The van der Waals surface area contributed by atoms with Crippen molar-refractivity contribution in [3.05, 3.63) is 53.1 Å². The Balaban J connectivity index is 1.58. The number of rotatable bonds is 8. The molecule has 4 rings (SSSR count). The van der Waals surface area contributed by atoms with Gasteiger partial charge < -0.3 is 20.6 Å². The summed E-state index contributed by atoms with van der Waals surface area (Å²) >= 11 is 0. The molecule has 2 heterocycles. The second kappa shape index (κ2) is 11.4. The molecule has 1 amide bonds. The van der Waals surface area contributed by atoms with Gasteiger partial charge in [-0.05, 0) is 69.9 Å². The topological polar surface area (TPSA) is 112 Å². The van der Waals surface area contributed by atoms with E-state index in [4.69, 9.17) is 10.1 Å². The lowest BCUT2D eigenvalue weighted by Gasteiger charge is -2.31. The first-order valence-electron chi connectivity index (χ1n) is 12.7. The fraction of sp³-hybridized carbons (Fsp3) is 0.481. The summed E-state index contributed by atoms with van der Waals surface area (Å²) in [4.78, 5) is 20.5. The quantitative estimate of drug-likeness (QED) is 0.450. The van der Waals surface area contributed by atoms with Crippen LogP contribution in [0.1, 0.15) is 62.7 Å². The minimum atomic E-state index is -3.42. The highest BCUT2D eigenvalue weighted by atomic mass is 32.2. The number of carbonyl (C=O) groups excluding carboxylic acids is 1. The monoisotopic (exact) mass is 512 g/mol. The maximum atomic E-state index is 13.4. The maximum Gasteiger partial charge on any atom is 0.259 e. The first-order chi connectivity index (χ1) is 17.3. The van der Waals surface area contributed by atoms with E-state index in [1.165, 1.54) is 11.1 Å². The van der Waals surface area contributed by atoms with Gasteiger partial charge in [-0.1, -0.05) is 30.1 Å².